The fourth-order valence-corrected chi connectivity index (χ4v) is 1.91. The second-order valence-corrected chi connectivity index (χ2v) is 4.64. The van der Waals surface area contributed by atoms with Gasteiger partial charge in [-0.3, -0.25) is 5.32 Å². The van der Waals surface area contributed by atoms with Crippen LogP contribution in [0, 0.1) is 0 Å². The minimum Gasteiger partial charge on any atom is -0.467 e. The second kappa shape index (κ2) is 7.22. The fourth-order valence-electron chi connectivity index (χ4n) is 1.91. The maximum atomic E-state index is 11.7. The first-order valence-corrected chi connectivity index (χ1v) is 6.53. The van der Waals surface area contributed by atoms with Crippen molar-refractivity contribution in [2.75, 3.05) is 6.61 Å². The summed E-state index contributed by atoms with van der Waals surface area (Å²) in [5.41, 5.74) is 5.52. The van der Waals surface area contributed by atoms with Gasteiger partial charge in [0.1, 0.15) is 30.6 Å². The van der Waals surface area contributed by atoms with Crippen LogP contribution in [0.3, 0.4) is 0 Å². The summed E-state index contributed by atoms with van der Waals surface area (Å²) in [4.78, 5) is 15.6. The average Bonchev–Trinajstić information content (AvgIpc) is 3.09. The number of ether oxygens (including phenoxy) is 1. The maximum absolute atomic E-state index is 11.7. The van der Waals surface area contributed by atoms with Gasteiger partial charge >= 0.3 is 6.03 Å². The molecule has 2 heterocycles. The molecule has 122 valence electrons. The fraction of sp³-hybridized carbons (Fsp3) is 0.500. The van der Waals surface area contributed by atoms with E-state index in [1.807, 2.05) is 0 Å². The lowest BCUT2D eigenvalue weighted by atomic mass is 10.1. The van der Waals surface area contributed by atoms with Gasteiger partial charge in [-0.25, -0.2) is 9.79 Å². The highest BCUT2D eigenvalue weighted by molar-refractivity contribution is 5.95. The van der Waals surface area contributed by atoms with Gasteiger partial charge in [0.05, 0.1) is 12.9 Å². The highest BCUT2D eigenvalue weighted by Crippen LogP contribution is 2.19. The summed E-state index contributed by atoms with van der Waals surface area (Å²) in [6.45, 7) is -0.322. The van der Waals surface area contributed by atoms with Gasteiger partial charge in [0.25, 0.3) is 0 Å². The third-order valence-electron chi connectivity index (χ3n) is 3.04. The number of rotatable bonds is 4. The van der Waals surface area contributed by atoms with Crippen molar-refractivity contribution in [1.29, 1.82) is 0 Å². The van der Waals surface area contributed by atoms with Crippen LogP contribution in [0.2, 0.25) is 0 Å². The number of hydrogen-bond donors (Lipinski definition) is 6. The molecule has 1 aromatic rings. The Morgan fingerprint density at radius 3 is 2.77 bits per heavy atom. The van der Waals surface area contributed by atoms with Gasteiger partial charge in [0, 0.05) is 0 Å². The summed E-state index contributed by atoms with van der Waals surface area (Å²) >= 11 is 0. The van der Waals surface area contributed by atoms with E-state index in [0.29, 0.717) is 5.76 Å². The highest BCUT2D eigenvalue weighted by Gasteiger charge is 2.43. The molecule has 0 aliphatic carbocycles. The molecule has 22 heavy (non-hydrogen) atoms. The summed E-state index contributed by atoms with van der Waals surface area (Å²) in [6, 6.07) is 2.63. The standard InChI is InChI=1S/C12H18N4O6/c13-11(14-4-6-2-1-3-21-6)16-12(20)15-10-9(19)8(18)7(5-17)22-10/h1-3,7-10,17-19H,4-5H2,(H4,13,14,15,16,20)/t7-,8-,9-,10-/m1/s1. The number of aliphatic imine (C=N–C) groups is 1. The van der Waals surface area contributed by atoms with E-state index in [4.69, 9.17) is 20.0 Å². The number of aliphatic hydroxyl groups is 3. The summed E-state index contributed by atoms with van der Waals surface area (Å²) < 4.78 is 10.1. The molecule has 1 aliphatic heterocycles. The van der Waals surface area contributed by atoms with Crippen molar-refractivity contribution in [3.63, 3.8) is 0 Å². The third kappa shape index (κ3) is 3.95. The van der Waals surface area contributed by atoms with Gasteiger partial charge < -0.3 is 35.5 Å². The number of carbonyl (C=O) groups is 1. The van der Waals surface area contributed by atoms with Gasteiger partial charge in [0.2, 0.25) is 0 Å². The molecule has 4 atom stereocenters. The van der Waals surface area contributed by atoms with E-state index in [1.165, 1.54) is 6.26 Å². The van der Waals surface area contributed by atoms with Crippen molar-refractivity contribution in [3.8, 4) is 0 Å². The molecule has 2 rings (SSSR count). The van der Waals surface area contributed by atoms with E-state index in [-0.39, 0.29) is 12.5 Å². The molecule has 0 aromatic carbocycles. The number of carbonyl (C=O) groups excluding carboxylic acids is 1. The summed E-state index contributed by atoms with van der Waals surface area (Å²) in [6.07, 6.45) is -3.29. The lowest BCUT2D eigenvalue weighted by Crippen LogP contribution is -2.50. The predicted molar refractivity (Wildman–Crippen MR) is 73.5 cm³/mol. The molecule has 0 bridgehead atoms. The second-order valence-electron chi connectivity index (χ2n) is 4.64. The van der Waals surface area contributed by atoms with Crippen LogP contribution in [-0.4, -0.2) is 58.5 Å². The van der Waals surface area contributed by atoms with Crippen molar-refractivity contribution in [2.24, 2.45) is 10.7 Å². The molecule has 1 fully saturated rings. The van der Waals surface area contributed by atoms with E-state index < -0.39 is 37.2 Å². The van der Waals surface area contributed by atoms with Crippen LogP contribution in [0.15, 0.2) is 27.8 Å². The quantitative estimate of drug-likeness (QED) is 0.272. The smallest absolute Gasteiger partial charge is 0.323 e. The first-order valence-electron chi connectivity index (χ1n) is 6.53. The predicted octanol–water partition coefficient (Wildman–Crippen LogP) is -2.17. The number of urea groups is 1. The highest BCUT2D eigenvalue weighted by atomic mass is 16.6. The maximum Gasteiger partial charge on any atom is 0.323 e. The SMILES string of the molecule is NC(=NCc1ccco1)NC(=O)N[C@@H]1O[C@H](CO)[C@@H](O)[C@H]1O. The lowest BCUT2D eigenvalue weighted by Gasteiger charge is -2.16. The Morgan fingerprint density at radius 2 is 2.18 bits per heavy atom. The number of nitrogens with two attached hydrogens (primary N) is 1. The number of hydrogen-bond acceptors (Lipinski definition) is 7. The Balaban J connectivity index is 1.81. The van der Waals surface area contributed by atoms with Crippen LogP contribution in [-0.2, 0) is 11.3 Å². The molecular weight excluding hydrogens is 296 g/mol. The molecule has 2 amide bonds. The molecule has 1 aromatic heterocycles. The Hall–Kier alpha value is -2.14. The molecule has 0 unspecified atom stereocenters. The van der Waals surface area contributed by atoms with E-state index in [2.05, 4.69) is 15.6 Å². The normalized spacial score (nSPS) is 28.6. The van der Waals surface area contributed by atoms with Crippen molar-refractivity contribution < 1.29 is 29.3 Å². The number of nitrogens with zero attached hydrogens (tertiary/aromatic N) is 1. The average molecular weight is 314 g/mol. The third-order valence-corrected chi connectivity index (χ3v) is 3.04. The van der Waals surface area contributed by atoms with Crippen LogP contribution in [0.1, 0.15) is 5.76 Å². The Labute approximate surface area is 125 Å². The molecule has 0 spiro atoms. The molecule has 1 aliphatic rings. The first-order chi connectivity index (χ1) is 10.5. The zero-order valence-corrected chi connectivity index (χ0v) is 11.5. The first kappa shape index (κ1) is 16.2. The van der Waals surface area contributed by atoms with Gasteiger partial charge in [-0.15, -0.1) is 0 Å². The Kier molecular flexibility index (Phi) is 5.33. The van der Waals surface area contributed by atoms with Crippen LogP contribution in [0.5, 0.6) is 0 Å². The molecule has 10 heteroatoms. The summed E-state index contributed by atoms with van der Waals surface area (Å²) in [5, 5.41) is 32.7. The van der Waals surface area contributed by atoms with Crippen LogP contribution < -0.4 is 16.4 Å². The molecule has 1 saturated heterocycles. The van der Waals surface area contributed by atoms with Crippen molar-refractivity contribution in [1.82, 2.24) is 10.6 Å². The topological polar surface area (TPSA) is 163 Å². The molecule has 7 N–H and O–H groups in total. The number of furan rings is 1. The summed E-state index contributed by atoms with van der Waals surface area (Å²) in [7, 11) is 0. The van der Waals surface area contributed by atoms with Gasteiger partial charge in [-0.05, 0) is 12.1 Å². The Bertz CT molecular complexity index is 520. The van der Waals surface area contributed by atoms with Crippen molar-refractivity contribution in [2.45, 2.75) is 31.1 Å². The minimum absolute atomic E-state index is 0.152. The zero-order valence-electron chi connectivity index (χ0n) is 11.5. The van der Waals surface area contributed by atoms with E-state index in [9.17, 15) is 15.0 Å². The number of aliphatic hydroxyl groups excluding tert-OH is 3. The largest absolute Gasteiger partial charge is 0.467 e. The lowest BCUT2D eigenvalue weighted by molar-refractivity contribution is -0.0283. The number of nitrogens with one attached hydrogen (secondary N) is 2. The van der Waals surface area contributed by atoms with Gasteiger partial charge in [-0.2, -0.15) is 0 Å². The van der Waals surface area contributed by atoms with E-state index >= 15 is 0 Å². The number of guanidine groups is 1. The monoisotopic (exact) mass is 314 g/mol. The molecule has 0 radical (unpaired) electrons. The van der Waals surface area contributed by atoms with Gasteiger partial charge in [0.15, 0.2) is 12.2 Å². The van der Waals surface area contributed by atoms with Crippen LogP contribution in [0.4, 0.5) is 4.79 Å². The number of amides is 2. The van der Waals surface area contributed by atoms with Crippen molar-refractivity contribution in [3.05, 3.63) is 24.2 Å². The minimum atomic E-state index is -1.36. The van der Waals surface area contributed by atoms with Gasteiger partial charge in [-0.1, -0.05) is 0 Å². The molecule has 0 saturated carbocycles. The van der Waals surface area contributed by atoms with Crippen molar-refractivity contribution >= 4 is 12.0 Å². The van der Waals surface area contributed by atoms with E-state index in [0.717, 1.165) is 0 Å². The van der Waals surface area contributed by atoms with E-state index in [1.54, 1.807) is 12.1 Å². The molecule has 10 nitrogen and oxygen atoms in total. The Morgan fingerprint density at radius 1 is 1.41 bits per heavy atom. The van der Waals surface area contributed by atoms with Crippen LogP contribution in [0.25, 0.3) is 0 Å². The zero-order chi connectivity index (χ0) is 16.1. The molecular formula is C12H18N4O6. The van der Waals surface area contributed by atoms with Crippen LogP contribution >= 0.6 is 0 Å². The summed E-state index contributed by atoms with van der Waals surface area (Å²) in [5.74, 6) is 0.425.